The molecule has 0 aliphatic heterocycles. The molecular formula is C15H16O2S. The van der Waals surface area contributed by atoms with Crippen molar-refractivity contribution in [2.24, 2.45) is 0 Å². The van der Waals surface area contributed by atoms with Crippen LogP contribution < -0.4 is 0 Å². The summed E-state index contributed by atoms with van der Waals surface area (Å²) >= 11 is 0. The lowest BCUT2D eigenvalue weighted by molar-refractivity contribution is 0.602. The average Bonchev–Trinajstić information content (AvgIpc) is 2.32. The predicted molar refractivity (Wildman–Crippen MR) is 73.5 cm³/mol. The van der Waals surface area contributed by atoms with Gasteiger partial charge in [-0.05, 0) is 36.6 Å². The highest BCUT2D eigenvalue weighted by Gasteiger charge is 2.06. The van der Waals surface area contributed by atoms with E-state index in [-0.39, 0.29) is 0 Å². The van der Waals surface area contributed by atoms with E-state index in [0.29, 0.717) is 4.90 Å². The Morgan fingerprint density at radius 2 is 1.28 bits per heavy atom. The van der Waals surface area contributed by atoms with Gasteiger partial charge in [-0.2, -0.15) is 0 Å². The molecule has 0 spiro atoms. The topological polar surface area (TPSA) is 34.1 Å². The van der Waals surface area contributed by atoms with Crippen LogP contribution in [0, 0.1) is 6.92 Å². The quantitative estimate of drug-likeness (QED) is 0.850. The van der Waals surface area contributed by atoms with Crippen LogP contribution in [-0.2, 0) is 16.3 Å². The van der Waals surface area contributed by atoms with Crippen molar-refractivity contribution in [1.29, 1.82) is 0 Å². The van der Waals surface area contributed by atoms with Crippen molar-refractivity contribution in [3.8, 4) is 0 Å². The predicted octanol–water partition coefficient (Wildman–Crippen LogP) is 2.99. The Labute approximate surface area is 108 Å². The van der Waals surface area contributed by atoms with Crippen molar-refractivity contribution < 1.29 is 8.42 Å². The van der Waals surface area contributed by atoms with Crippen LogP contribution in [0.2, 0.25) is 0 Å². The molecule has 0 heterocycles. The molecule has 2 aromatic carbocycles. The van der Waals surface area contributed by atoms with Crippen LogP contribution in [-0.4, -0.2) is 14.7 Å². The SMILES string of the molecule is Cc1ccc(Cc2ccc(S(C)(=O)=O)cc2)cc1. The molecule has 2 nitrogen and oxygen atoms in total. The number of rotatable bonds is 3. The van der Waals surface area contributed by atoms with Crippen molar-refractivity contribution >= 4 is 9.84 Å². The van der Waals surface area contributed by atoms with E-state index in [9.17, 15) is 8.42 Å². The van der Waals surface area contributed by atoms with Gasteiger partial charge in [-0.15, -0.1) is 0 Å². The fraction of sp³-hybridized carbons (Fsp3) is 0.200. The first-order valence-electron chi connectivity index (χ1n) is 5.80. The Hall–Kier alpha value is -1.61. The van der Waals surface area contributed by atoms with Crippen LogP contribution in [0.25, 0.3) is 0 Å². The maximum Gasteiger partial charge on any atom is 0.175 e. The van der Waals surface area contributed by atoms with E-state index < -0.39 is 9.84 Å². The normalized spacial score (nSPS) is 11.4. The molecule has 2 aromatic rings. The van der Waals surface area contributed by atoms with Crippen LogP contribution >= 0.6 is 0 Å². The van der Waals surface area contributed by atoms with Crippen LogP contribution in [0.5, 0.6) is 0 Å². The molecule has 0 aromatic heterocycles. The van der Waals surface area contributed by atoms with E-state index >= 15 is 0 Å². The van der Waals surface area contributed by atoms with E-state index in [2.05, 4.69) is 31.2 Å². The van der Waals surface area contributed by atoms with Crippen molar-refractivity contribution in [2.75, 3.05) is 6.26 Å². The molecular weight excluding hydrogens is 244 g/mol. The second-order valence-electron chi connectivity index (χ2n) is 4.58. The van der Waals surface area contributed by atoms with Gasteiger partial charge in [-0.1, -0.05) is 42.0 Å². The molecule has 0 unspecified atom stereocenters. The summed E-state index contributed by atoms with van der Waals surface area (Å²) in [6.07, 6.45) is 2.05. The molecule has 18 heavy (non-hydrogen) atoms. The zero-order chi connectivity index (χ0) is 13.2. The molecule has 0 atom stereocenters. The van der Waals surface area contributed by atoms with Gasteiger partial charge >= 0.3 is 0 Å². The number of hydrogen-bond donors (Lipinski definition) is 0. The summed E-state index contributed by atoms with van der Waals surface area (Å²) in [6.45, 7) is 2.06. The largest absolute Gasteiger partial charge is 0.224 e. The van der Waals surface area contributed by atoms with E-state index in [1.807, 2.05) is 12.1 Å². The van der Waals surface area contributed by atoms with Gasteiger partial charge in [0.2, 0.25) is 0 Å². The lowest BCUT2D eigenvalue weighted by atomic mass is 10.0. The number of aryl methyl sites for hydroxylation is 1. The summed E-state index contributed by atoms with van der Waals surface area (Å²) in [7, 11) is -3.10. The number of benzene rings is 2. The van der Waals surface area contributed by atoms with E-state index in [0.717, 1.165) is 12.0 Å². The van der Waals surface area contributed by atoms with Crippen LogP contribution in [0.3, 0.4) is 0 Å². The summed E-state index contributed by atoms with van der Waals surface area (Å²) in [4.78, 5) is 0.371. The molecule has 0 bridgehead atoms. The number of sulfone groups is 1. The van der Waals surface area contributed by atoms with E-state index in [4.69, 9.17) is 0 Å². The first-order chi connectivity index (χ1) is 8.45. The zero-order valence-electron chi connectivity index (χ0n) is 10.6. The van der Waals surface area contributed by atoms with Gasteiger partial charge in [0.1, 0.15) is 0 Å². The summed E-state index contributed by atoms with van der Waals surface area (Å²) in [5.74, 6) is 0. The molecule has 0 radical (unpaired) electrons. The minimum absolute atomic E-state index is 0.371. The minimum atomic E-state index is -3.10. The molecule has 2 rings (SSSR count). The molecule has 0 aliphatic rings. The van der Waals surface area contributed by atoms with Gasteiger partial charge in [-0.3, -0.25) is 0 Å². The Morgan fingerprint density at radius 1 is 0.833 bits per heavy atom. The third-order valence-electron chi connectivity index (χ3n) is 2.88. The van der Waals surface area contributed by atoms with Crippen molar-refractivity contribution in [3.63, 3.8) is 0 Å². The highest BCUT2D eigenvalue weighted by molar-refractivity contribution is 7.90. The minimum Gasteiger partial charge on any atom is -0.224 e. The summed E-state index contributed by atoms with van der Waals surface area (Å²) in [5.41, 5.74) is 3.59. The second kappa shape index (κ2) is 4.94. The Balaban J connectivity index is 2.18. The molecule has 0 aliphatic carbocycles. The van der Waals surface area contributed by atoms with Crippen molar-refractivity contribution in [2.45, 2.75) is 18.2 Å². The smallest absolute Gasteiger partial charge is 0.175 e. The average molecular weight is 260 g/mol. The van der Waals surface area contributed by atoms with Gasteiger partial charge in [0.25, 0.3) is 0 Å². The first kappa shape index (κ1) is 12.8. The summed E-state index contributed by atoms with van der Waals surface area (Å²) in [6, 6.07) is 15.4. The molecule has 3 heteroatoms. The third-order valence-corrected chi connectivity index (χ3v) is 4.01. The fourth-order valence-electron chi connectivity index (χ4n) is 1.80. The van der Waals surface area contributed by atoms with Gasteiger partial charge in [0.05, 0.1) is 4.90 Å². The van der Waals surface area contributed by atoms with Gasteiger partial charge in [0, 0.05) is 6.26 Å². The third kappa shape index (κ3) is 3.20. The Kier molecular flexibility index (Phi) is 3.53. The van der Waals surface area contributed by atoms with Gasteiger partial charge in [-0.25, -0.2) is 8.42 Å². The second-order valence-corrected chi connectivity index (χ2v) is 6.59. The molecule has 0 N–H and O–H groups in total. The first-order valence-corrected chi connectivity index (χ1v) is 7.69. The molecule has 0 saturated carbocycles. The number of hydrogen-bond acceptors (Lipinski definition) is 2. The molecule has 0 amide bonds. The van der Waals surface area contributed by atoms with E-state index in [1.54, 1.807) is 12.1 Å². The lowest BCUT2D eigenvalue weighted by Gasteiger charge is -2.04. The maximum atomic E-state index is 11.3. The van der Waals surface area contributed by atoms with Crippen molar-refractivity contribution in [1.82, 2.24) is 0 Å². The monoisotopic (exact) mass is 260 g/mol. The fourth-order valence-corrected chi connectivity index (χ4v) is 2.43. The van der Waals surface area contributed by atoms with Crippen molar-refractivity contribution in [3.05, 3.63) is 65.2 Å². The summed E-state index contributed by atoms with van der Waals surface area (Å²) in [5, 5.41) is 0. The lowest BCUT2D eigenvalue weighted by Crippen LogP contribution is -1.97. The Morgan fingerprint density at radius 3 is 1.72 bits per heavy atom. The molecule has 0 saturated heterocycles. The van der Waals surface area contributed by atoms with Crippen LogP contribution in [0.1, 0.15) is 16.7 Å². The highest BCUT2D eigenvalue weighted by atomic mass is 32.2. The molecule has 94 valence electrons. The van der Waals surface area contributed by atoms with Crippen LogP contribution in [0.15, 0.2) is 53.4 Å². The highest BCUT2D eigenvalue weighted by Crippen LogP contribution is 2.14. The van der Waals surface area contributed by atoms with Gasteiger partial charge in [0.15, 0.2) is 9.84 Å². The van der Waals surface area contributed by atoms with E-state index in [1.165, 1.54) is 17.4 Å². The standard InChI is InChI=1S/C15H16O2S/c1-12-3-5-13(6-4-12)11-14-7-9-15(10-8-14)18(2,16)17/h3-10H,11H2,1-2H3. The Bertz CT molecular complexity index is 623. The van der Waals surface area contributed by atoms with Gasteiger partial charge < -0.3 is 0 Å². The molecule has 0 fully saturated rings. The maximum absolute atomic E-state index is 11.3. The zero-order valence-corrected chi connectivity index (χ0v) is 11.4. The summed E-state index contributed by atoms with van der Waals surface area (Å²) < 4.78 is 22.7. The van der Waals surface area contributed by atoms with Crippen LogP contribution in [0.4, 0.5) is 0 Å².